The van der Waals surface area contributed by atoms with Gasteiger partial charge in [-0.05, 0) is 39.5 Å². The zero-order chi connectivity index (χ0) is 15.7. The second-order valence-corrected chi connectivity index (χ2v) is 5.49. The molecule has 0 aliphatic rings. The Morgan fingerprint density at radius 3 is 1.15 bits per heavy atom. The van der Waals surface area contributed by atoms with Crippen LogP contribution in [0.15, 0.2) is 0 Å². The van der Waals surface area contributed by atoms with Crippen molar-refractivity contribution in [3.05, 3.63) is 0 Å². The maximum atomic E-state index is 12.1. The Bertz CT molecular complexity index is 267. The molecule has 0 aromatic carbocycles. The van der Waals surface area contributed by atoms with Crippen LogP contribution in [0.4, 0.5) is 0 Å². The van der Waals surface area contributed by atoms with E-state index in [9.17, 15) is 9.59 Å². The van der Waals surface area contributed by atoms with E-state index in [2.05, 4.69) is 13.8 Å². The third-order valence-corrected chi connectivity index (χ3v) is 4.20. The summed E-state index contributed by atoms with van der Waals surface area (Å²) < 4.78 is 0. The molecule has 2 atom stereocenters. The van der Waals surface area contributed by atoms with Gasteiger partial charge in [0.25, 0.3) is 0 Å². The fourth-order valence-electron chi connectivity index (χ4n) is 2.36. The minimum Gasteiger partial charge on any atom is -0.343 e. The summed E-state index contributed by atoms with van der Waals surface area (Å²) in [6.07, 6.45) is 1.07. The van der Waals surface area contributed by atoms with E-state index < -0.39 is 0 Å². The zero-order valence-corrected chi connectivity index (χ0v) is 14.1. The van der Waals surface area contributed by atoms with Crippen molar-refractivity contribution in [1.82, 2.24) is 9.80 Å². The molecule has 2 unspecified atom stereocenters. The first-order chi connectivity index (χ1) is 9.40. The summed E-state index contributed by atoms with van der Waals surface area (Å²) >= 11 is 0. The molecule has 118 valence electrons. The van der Waals surface area contributed by atoms with Gasteiger partial charge in [-0.1, -0.05) is 13.8 Å². The molecule has 0 rings (SSSR count). The average molecular weight is 284 g/mol. The van der Waals surface area contributed by atoms with E-state index in [1.54, 1.807) is 0 Å². The maximum Gasteiger partial charge on any atom is 0.222 e. The van der Waals surface area contributed by atoms with Gasteiger partial charge in [0.2, 0.25) is 11.8 Å². The van der Waals surface area contributed by atoms with Crippen molar-refractivity contribution in [1.29, 1.82) is 0 Å². The Morgan fingerprint density at radius 2 is 0.950 bits per heavy atom. The first-order valence-electron chi connectivity index (χ1n) is 7.96. The molecular formula is C16H32N2O2. The highest BCUT2D eigenvalue weighted by molar-refractivity contribution is 5.77. The smallest absolute Gasteiger partial charge is 0.222 e. The molecular weight excluding hydrogens is 252 g/mol. The zero-order valence-electron chi connectivity index (χ0n) is 14.1. The molecule has 20 heavy (non-hydrogen) atoms. The highest BCUT2D eigenvalue weighted by atomic mass is 16.2. The second kappa shape index (κ2) is 9.78. The van der Waals surface area contributed by atoms with Gasteiger partial charge >= 0.3 is 0 Å². The normalized spacial score (nSPS) is 13.7. The van der Waals surface area contributed by atoms with E-state index in [0.717, 1.165) is 26.2 Å². The van der Waals surface area contributed by atoms with Crippen molar-refractivity contribution in [2.24, 2.45) is 11.8 Å². The van der Waals surface area contributed by atoms with Crippen LogP contribution in [0, 0.1) is 11.8 Å². The molecule has 0 bridgehead atoms. The summed E-state index contributed by atoms with van der Waals surface area (Å²) in [4.78, 5) is 27.9. The first-order valence-corrected chi connectivity index (χ1v) is 7.96. The van der Waals surface area contributed by atoms with Crippen LogP contribution in [-0.4, -0.2) is 47.8 Å². The van der Waals surface area contributed by atoms with Crippen LogP contribution in [0.2, 0.25) is 0 Å². The standard InChI is InChI=1S/C16H32N2O2/c1-7-17(8-2)15(19)11-13(5)14(6)12-16(20)18(9-3)10-4/h13-14H,7-12H2,1-6H3. The summed E-state index contributed by atoms with van der Waals surface area (Å²) in [5.41, 5.74) is 0. The van der Waals surface area contributed by atoms with Gasteiger partial charge < -0.3 is 9.80 Å². The molecule has 0 N–H and O–H groups in total. The van der Waals surface area contributed by atoms with Crippen LogP contribution in [-0.2, 0) is 9.59 Å². The molecule has 0 spiro atoms. The van der Waals surface area contributed by atoms with Crippen molar-refractivity contribution >= 4 is 11.8 Å². The second-order valence-electron chi connectivity index (χ2n) is 5.49. The molecule has 0 aromatic rings. The van der Waals surface area contributed by atoms with Crippen LogP contribution < -0.4 is 0 Å². The maximum absolute atomic E-state index is 12.1. The van der Waals surface area contributed by atoms with Gasteiger partial charge in [-0.25, -0.2) is 0 Å². The topological polar surface area (TPSA) is 40.6 Å². The summed E-state index contributed by atoms with van der Waals surface area (Å²) in [7, 11) is 0. The Labute approximate surface area is 124 Å². The van der Waals surface area contributed by atoms with Gasteiger partial charge in [-0.3, -0.25) is 9.59 Å². The number of carbonyl (C=O) groups is 2. The highest BCUT2D eigenvalue weighted by Crippen LogP contribution is 2.20. The fourth-order valence-corrected chi connectivity index (χ4v) is 2.36. The number of hydrogen-bond acceptors (Lipinski definition) is 2. The van der Waals surface area contributed by atoms with Crippen molar-refractivity contribution in [3.63, 3.8) is 0 Å². The number of rotatable bonds is 9. The average Bonchev–Trinajstić information content (AvgIpc) is 2.41. The lowest BCUT2D eigenvalue weighted by Gasteiger charge is -2.26. The lowest BCUT2D eigenvalue weighted by Crippen LogP contribution is -2.34. The molecule has 0 radical (unpaired) electrons. The largest absolute Gasteiger partial charge is 0.343 e. The van der Waals surface area contributed by atoms with Crippen LogP contribution in [0.5, 0.6) is 0 Å². The van der Waals surface area contributed by atoms with Crippen LogP contribution in [0.1, 0.15) is 54.4 Å². The lowest BCUT2D eigenvalue weighted by molar-refractivity contribution is -0.134. The predicted octanol–water partition coefficient (Wildman–Crippen LogP) is 2.78. The number of nitrogens with zero attached hydrogens (tertiary/aromatic N) is 2. The van der Waals surface area contributed by atoms with E-state index in [0.29, 0.717) is 12.8 Å². The molecule has 2 amide bonds. The summed E-state index contributed by atoms with van der Waals surface area (Å²) in [6, 6.07) is 0. The number of amides is 2. The Morgan fingerprint density at radius 1 is 0.700 bits per heavy atom. The van der Waals surface area contributed by atoms with Crippen LogP contribution in [0.25, 0.3) is 0 Å². The molecule has 0 saturated heterocycles. The quantitative estimate of drug-likeness (QED) is 0.653. The SMILES string of the molecule is CCN(CC)C(=O)CC(C)C(C)CC(=O)N(CC)CC. The summed E-state index contributed by atoms with van der Waals surface area (Å²) in [6.45, 7) is 15.2. The summed E-state index contributed by atoms with van der Waals surface area (Å²) in [5.74, 6) is 0.875. The van der Waals surface area contributed by atoms with Crippen LogP contribution >= 0.6 is 0 Å². The third-order valence-electron chi connectivity index (χ3n) is 4.20. The molecule has 4 nitrogen and oxygen atoms in total. The van der Waals surface area contributed by atoms with Gasteiger partial charge in [0, 0.05) is 39.0 Å². The van der Waals surface area contributed by atoms with Gasteiger partial charge in [-0.2, -0.15) is 0 Å². The first kappa shape index (κ1) is 18.9. The molecule has 4 heteroatoms. The molecule has 0 aromatic heterocycles. The monoisotopic (exact) mass is 284 g/mol. The van der Waals surface area contributed by atoms with E-state index >= 15 is 0 Å². The Hall–Kier alpha value is -1.06. The number of carbonyl (C=O) groups excluding carboxylic acids is 2. The van der Waals surface area contributed by atoms with Crippen molar-refractivity contribution in [2.75, 3.05) is 26.2 Å². The predicted molar refractivity (Wildman–Crippen MR) is 83.4 cm³/mol. The Kier molecular flexibility index (Phi) is 9.26. The lowest BCUT2D eigenvalue weighted by atomic mass is 9.89. The van der Waals surface area contributed by atoms with Gasteiger partial charge in [0.1, 0.15) is 0 Å². The minimum atomic E-state index is 0.199. The van der Waals surface area contributed by atoms with E-state index in [1.807, 2.05) is 37.5 Å². The van der Waals surface area contributed by atoms with Crippen LogP contribution in [0.3, 0.4) is 0 Å². The van der Waals surface area contributed by atoms with Crippen molar-refractivity contribution < 1.29 is 9.59 Å². The van der Waals surface area contributed by atoms with E-state index in [1.165, 1.54) is 0 Å². The molecule has 0 saturated carbocycles. The molecule has 0 fully saturated rings. The van der Waals surface area contributed by atoms with Crippen molar-refractivity contribution in [3.8, 4) is 0 Å². The van der Waals surface area contributed by atoms with Crippen molar-refractivity contribution in [2.45, 2.75) is 54.4 Å². The minimum absolute atomic E-state index is 0.199. The summed E-state index contributed by atoms with van der Waals surface area (Å²) in [5, 5.41) is 0. The number of hydrogen-bond donors (Lipinski definition) is 0. The molecule has 0 aliphatic heterocycles. The van der Waals surface area contributed by atoms with Gasteiger partial charge in [-0.15, -0.1) is 0 Å². The van der Waals surface area contributed by atoms with E-state index in [-0.39, 0.29) is 23.7 Å². The molecule has 0 aliphatic carbocycles. The van der Waals surface area contributed by atoms with Gasteiger partial charge in [0.15, 0.2) is 0 Å². The Balaban J connectivity index is 4.37. The van der Waals surface area contributed by atoms with Gasteiger partial charge in [0.05, 0.1) is 0 Å². The third kappa shape index (κ3) is 5.93. The van der Waals surface area contributed by atoms with E-state index in [4.69, 9.17) is 0 Å². The highest BCUT2D eigenvalue weighted by Gasteiger charge is 2.22. The fraction of sp³-hybridized carbons (Fsp3) is 0.875. The molecule has 0 heterocycles.